The minimum absolute atomic E-state index is 0.00859. The zero-order valence-corrected chi connectivity index (χ0v) is 14.2. The van der Waals surface area contributed by atoms with Gasteiger partial charge in [0.05, 0.1) is 13.2 Å². The van der Waals surface area contributed by atoms with Gasteiger partial charge in [0.25, 0.3) is 0 Å². The Morgan fingerprint density at radius 3 is 2.79 bits per heavy atom. The second-order valence-corrected chi connectivity index (χ2v) is 6.19. The summed E-state index contributed by atoms with van der Waals surface area (Å²) in [6.07, 6.45) is 6.90. The van der Waals surface area contributed by atoms with Crippen molar-refractivity contribution < 1.29 is 9.53 Å². The molecule has 0 saturated heterocycles. The second kappa shape index (κ2) is 7.35. The topological polar surface area (TPSA) is 38.3 Å². The number of rotatable bonds is 5. The molecule has 0 aromatic heterocycles. The zero-order valence-electron chi connectivity index (χ0n) is 14.2. The molecule has 1 amide bonds. The molecule has 3 heteroatoms. The van der Waals surface area contributed by atoms with Crippen LogP contribution in [0.25, 0.3) is 6.08 Å². The van der Waals surface area contributed by atoms with E-state index in [-0.39, 0.29) is 11.9 Å². The first-order valence-electron chi connectivity index (χ1n) is 8.40. The summed E-state index contributed by atoms with van der Waals surface area (Å²) in [5.74, 6) is 0.655. The fourth-order valence-electron chi connectivity index (χ4n) is 3.18. The number of para-hydroxylation sites is 1. The Balaban J connectivity index is 1.65. The summed E-state index contributed by atoms with van der Waals surface area (Å²) in [5, 5.41) is 3.03. The van der Waals surface area contributed by atoms with E-state index in [1.54, 1.807) is 19.3 Å². The quantitative estimate of drug-likeness (QED) is 0.843. The summed E-state index contributed by atoms with van der Waals surface area (Å²) < 4.78 is 5.29. The van der Waals surface area contributed by atoms with E-state index < -0.39 is 0 Å². The van der Waals surface area contributed by atoms with Crippen LogP contribution in [-0.4, -0.2) is 13.0 Å². The highest BCUT2D eigenvalue weighted by molar-refractivity contribution is 5.92. The molecule has 2 aromatic rings. The number of aryl methyl sites for hydroxylation is 2. The number of ether oxygens (including phenoxy) is 1. The van der Waals surface area contributed by atoms with Crippen LogP contribution in [0.2, 0.25) is 0 Å². The fourth-order valence-corrected chi connectivity index (χ4v) is 3.18. The Morgan fingerprint density at radius 2 is 1.96 bits per heavy atom. The molecule has 124 valence electrons. The van der Waals surface area contributed by atoms with Gasteiger partial charge in [-0.2, -0.15) is 0 Å². The molecule has 0 heterocycles. The summed E-state index contributed by atoms with van der Waals surface area (Å²) in [4.78, 5) is 12.2. The molecule has 1 atom stereocenters. The predicted octanol–water partition coefficient (Wildman–Crippen LogP) is 4.07. The molecule has 0 unspecified atom stereocenters. The van der Waals surface area contributed by atoms with Crippen LogP contribution in [0.1, 0.15) is 41.6 Å². The van der Waals surface area contributed by atoms with E-state index in [1.165, 1.54) is 24.0 Å². The summed E-state index contributed by atoms with van der Waals surface area (Å²) in [7, 11) is 1.63. The first-order chi connectivity index (χ1) is 11.7. The highest BCUT2D eigenvalue weighted by Gasteiger charge is 2.14. The number of carbonyl (C=O) groups is 1. The lowest BCUT2D eigenvalue weighted by molar-refractivity contribution is -0.117. The van der Waals surface area contributed by atoms with Gasteiger partial charge >= 0.3 is 0 Å². The van der Waals surface area contributed by atoms with Crippen molar-refractivity contribution in [2.24, 2.45) is 0 Å². The predicted molar refractivity (Wildman–Crippen MR) is 97.1 cm³/mol. The van der Waals surface area contributed by atoms with Gasteiger partial charge in [-0.3, -0.25) is 4.79 Å². The van der Waals surface area contributed by atoms with Crippen LogP contribution in [0, 0.1) is 0 Å². The molecule has 0 spiro atoms. The number of fused-ring (bicyclic) bond motifs is 1. The highest BCUT2D eigenvalue weighted by Crippen LogP contribution is 2.25. The third kappa shape index (κ3) is 3.67. The van der Waals surface area contributed by atoms with Crippen molar-refractivity contribution in [2.75, 3.05) is 7.11 Å². The Hall–Kier alpha value is -2.55. The van der Waals surface area contributed by atoms with Gasteiger partial charge in [0.1, 0.15) is 5.75 Å². The number of hydrogen-bond donors (Lipinski definition) is 1. The number of nitrogens with one attached hydrogen (secondary N) is 1. The number of carbonyl (C=O) groups excluding carboxylic acids is 1. The highest BCUT2D eigenvalue weighted by atomic mass is 16.5. The minimum Gasteiger partial charge on any atom is -0.496 e. The maximum Gasteiger partial charge on any atom is 0.244 e. The number of amides is 1. The van der Waals surface area contributed by atoms with Gasteiger partial charge in [-0.1, -0.05) is 36.4 Å². The Bertz CT molecular complexity index is 764. The molecule has 0 fully saturated rings. The lowest BCUT2D eigenvalue weighted by Gasteiger charge is -2.14. The van der Waals surface area contributed by atoms with E-state index in [4.69, 9.17) is 4.74 Å². The Kier molecular flexibility index (Phi) is 4.99. The summed E-state index contributed by atoms with van der Waals surface area (Å²) in [6.45, 7) is 2.02. The number of hydrogen-bond acceptors (Lipinski definition) is 2. The molecule has 0 bridgehead atoms. The van der Waals surface area contributed by atoms with Crippen molar-refractivity contribution in [3.63, 3.8) is 0 Å². The van der Waals surface area contributed by atoms with Crippen LogP contribution in [0.5, 0.6) is 5.75 Å². The molecule has 3 rings (SSSR count). The molecular weight excluding hydrogens is 298 g/mol. The lowest BCUT2D eigenvalue weighted by Crippen LogP contribution is -2.24. The van der Waals surface area contributed by atoms with Crippen molar-refractivity contribution in [3.05, 3.63) is 70.8 Å². The van der Waals surface area contributed by atoms with E-state index in [2.05, 4.69) is 23.5 Å². The average Bonchev–Trinajstić information content (AvgIpc) is 3.07. The average molecular weight is 321 g/mol. The Morgan fingerprint density at radius 1 is 1.17 bits per heavy atom. The summed E-state index contributed by atoms with van der Waals surface area (Å²) in [6, 6.07) is 14.2. The lowest BCUT2D eigenvalue weighted by atomic mass is 10.0. The summed E-state index contributed by atoms with van der Waals surface area (Å²) >= 11 is 0. The minimum atomic E-state index is -0.103. The van der Waals surface area contributed by atoms with Gasteiger partial charge in [0.2, 0.25) is 5.91 Å². The smallest absolute Gasteiger partial charge is 0.244 e. The molecule has 2 aromatic carbocycles. The van der Waals surface area contributed by atoms with E-state index in [9.17, 15) is 4.79 Å². The third-order valence-electron chi connectivity index (χ3n) is 4.53. The molecule has 1 N–H and O–H groups in total. The second-order valence-electron chi connectivity index (χ2n) is 6.19. The molecule has 0 saturated carbocycles. The monoisotopic (exact) mass is 321 g/mol. The van der Waals surface area contributed by atoms with Gasteiger partial charge in [-0.25, -0.2) is 0 Å². The SMILES string of the molecule is COc1ccccc1/C=C/C(=O)N[C@@H](C)c1ccc2c(c1)CCC2. The van der Waals surface area contributed by atoms with Gasteiger partial charge in [0, 0.05) is 11.6 Å². The fraction of sp³-hybridized carbons (Fsp3) is 0.286. The van der Waals surface area contributed by atoms with Gasteiger partial charge in [-0.15, -0.1) is 0 Å². The first-order valence-corrected chi connectivity index (χ1v) is 8.40. The van der Waals surface area contributed by atoms with Crippen molar-refractivity contribution in [3.8, 4) is 5.75 Å². The van der Waals surface area contributed by atoms with E-state index in [0.29, 0.717) is 0 Å². The van der Waals surface area contributed by atoms with Crippen LogP contribution >= 0.6 is 0 Å². The standard InChI is InChI=1S/C21H23NO2/c1-15(18-11-10-16-7-5-8-19(16)14-18)22-21(23)13-12-17-6-3-4-9-20(17)24-2/h3-4,6,9-15H,5,7-8H2,1-2H3,(H,22,23)/b13-12+/t15-/m0/s1. The molecule has 3 nitrogen and oxygen atoms in total. The summed E-state index contributed by atoms with van der Waals surface area (Å²) in [5.41, 5.74) is 4.93. The molecule has 0 radical (unpaired) electrons. The number of methoxy groups -OCH3 is 1. The molecule has 0 aliphatic heterocycles. The maximum absolute atomic E-state index is 12.2. The van der Waals surface area contributed by atoms with Gasteiger partial charge in [0.15, 0.2) is 0 Å². The first kappa shape index (κ1) is 16.3. The van der Waals surface area contributed by atoms with E-state index in [0.717, 1.165) is 23.3 Å². The molecule has 1 aliphatic rings. The molecule has 1 aliphatic carbocycles. The van der Waals surface area contributed by atoms with E-state index >= 15 is 0 Å². The number of benzene rings is 2. The van der Waals surface area contributed by atoms with Crippen LogP contribution in [0.15, 0.2) is 48.5 Å². The maximum atomic E-state index is 12.2. The normalized spacial score (nSPS) is 14.4. The van der Waals surface area contributed by atoms with Crippen molar-refractivity contribution in [2.45, 2.75) is 32.2 Å². The van der Waals surface area contributed by atoms with Gasteiger partial charge < -0.3 is 10.1 Å². The molecular formula is C21H23NO2. The van der Waals surface area contributed by atoms with E-state index in [1.807, 2.05) is 31.2 Å². The zero-order chi connectivity index (χ0) is 16.9. The third-order valence-corrected chi connectivity index (χ3v) is 4.53. The van der Waals surface area contributed by atoms with Crippen LogP contribution in [0.4, 0.5) is 0 Å². The van der Waals surface area contributed by atoms with Crippen LogP contribution in [-0.2, 0) is 17.6 Å². The molecule has 24 heavy (non-hydrogen) atoms. The van der Waals surface area contributed by atoms with Crippen molar-refractivity contribution >= 4 is 12.0 Å². The Labute approximate surface area is 143 Å². The van der Waals surface area contributed by atoms with Gasteiger partial charge in [-0.05, 0) is 55.0 Å². The van der Waals surface area contributed by atoms with Crippen molar-refractivity contribution in [1.82, 2.24) is 5.32 Å². The van der Waals surface area contributed by atoms with Crippen LogP contribution in [0.3, 0.4) is 0 Å². The van der Waals surface area contributed by atoms with Crippen LogP contribution < -0.4 is 10.1 Å². The van der Waals surface area contributed by atoms with Crippen molar-refractivity contribution in [1.29, 1.82) is 0 Å². The largest absolute Gasteiger partial charge is 0.496 e.